The maximum atomic E-state index is 11.1. The second kappa shape index (κ2) is 4.97. The molecule has 0 aromatic heterocycles. The molecule has 0 spiro atoms. The summed E-state index contributed by atoms with van der Waals surface area (Å²) in [5, 5.41) is 13.2. The lowest BCUT2D eigenvalue weighted by atomic mass is 9.72. The quantitative estimate of drug-likeness (QED) is 0.700. The molecule has 1 aliphatic heterocycles. The molecule has 0 aromatic rings. The third-order valence-corrected chi connectivity index (χ3v) is 3.37. The Labute approximate surface area is 96.7 Å². The monoisotopic (exact) mass is 227 g/mol. The van der Waals surface area contributed by atoms with Gasteiger partial charge in [-0.3, -0.25) is 4.79 Å². The van der Waals surface area contributed by atoms with Gasteiger partial charge >= 0.3 is 0 Å². The summed E-state index contributed by atoms with van der Waals surface area (Å²) in [6.45, 7) is 8.72. The number of nitrogens with one attached hydrogen (secondary N) is 1. The first-order chi connectivity index (χ1) is 7.41. The third-order valence-electron chi connectivity index (χ3n) is 3.37. The summed E-state index contributed by atoms with van der Waals surface area (Å²) >= 11 is 0. The van der Waals surface area contributed by atoms with Crippen LogP contribution in [0.2, 0.25) is 0 Å². The van der Waals surface area contributed by atoms with Crippen LogP contribution in [0.25, 0.3) is 0 Å². The number of aliphatic hydroxyl groups is 1. The SMILES string of the molecule is C=CC(=O)NCC(C)(C)C1(O)CCCOC1. The Kier molecular flexibility index (Phi) is 4.10. The summed E-state index contributed by atoms with van der Waals surface area (Å²) in [5.41, 5.74) is -1.27. The zero-order valence-corrected chi connectivity index (χ0v) is 10.1. The smallest absolute Gasteiger partial charge is 0.243 e. The van der Waals surface area contributed by atoms with Gasteiger partial charge in [0.2, 0.25) is 5.91 Å². The molecule has 1 heterocycles. The maximum Gasteiger partial charge on any atom is 0.243 e. The van der Waals surface area contributed by atoms with Crippen LogP contribution < -0.4 is 5.32 Å². The minimum Gasteiger partial charge on any atom is -0.387 e. The molecule has 0 bridgehead atoms. The molecule has 16 heavy (non-hydrogen) atoms. The Morgan fingerprint density at radius 1 is 1.69 bits per heavy atom. The van der Waals surface area contributed by atoms with Gasteiger partial charge in [0.1, 0.15) is 0 Å². The van der Waals surface area contributed by atoms with Gasteiger partial charge in [-0.2, -0.15) is 0 Å². The van der Waals surface area contributed by atoms with E-state index in [1.54, 1.807) is 0 Å². The van der Waals surface area contributed by atoms with Gasteiger partial charge in [-0.05, 0) is 18.9 Å². The van der Waals surface area contributed by atoms with Crippen molar-refractivity contribution in [2.24, 2.45) is 5.41 Å². The van der Waals surface area contributed by atoms with Crippen molar-refractivity contribution >= 4 is 5.91 Å². The van der Waals surface area contributed by atoms with E-state index < -0.39 is 11.0 Å². The second-order valence-electron chi connectivity index (χ2n) is 4.99. The Morgan fingerprint density at radius 2 is 2.38 bits per heavy atom. The van der Waals surface area contributed by atoms with E-state index >= 15 is 0 Å². The molecule has 1 amide bonds. The number of rotatable bonds is 4. The molecule has 1 atom stereocenters. The van der Waals surface area contributed by atoms with Crippen LogP contribution in [0, 0.1) is 5.41 Å². The van der Waals surface area contributed by atoms with E-state index in [2.05, 4.69) is 11.9 Å². The van der Waals surface area contributed by atoms with E-state index in [1.165, 1.54) is 6.08 Å². The van der Waals surface area contributed by atoms with E-state index in [0.29, 0.717) is 26.2 Å². The average Bonchev–Trinajstić information content (AvgIpc) is 2.27. The van der Waals surface area contributed by atoms with E-state index in [4.69, 9.17) is 4.74 Å². The molecule has 2 N–H and O–H groups in total. The van der Waals surface area contributed by atoms with Gasteiger partial charge in [-0.1, -0.05) is 20.4 Å². The predicted octanol–water partition coefficient (Wildman–Crippen LogP) is 0.856. The minimum absolute atomic E-state index is 0.214. The van der Waals surface area contributed by atoms with Crippen molar-refractivity contribution in [1.29, 1.82) is 0 Å². The first-order valence-electron chi connectivity index (χ1n) is 5.62. The zero-order chi connectivity index (χ0) is 12.2. The van der Waals surface area contributed by atoms with Crippen molar-refractivity contribution in [2.75, 3.05) is 19.8 Å². The molecule has 1 unspecified atom stereocenters. The normalized spacial score (nSPS) is 26.2. The number of carbonyl (C=O) groups excluding carboxylic acids is 1. The molecule has 4 heteroatoms. The Hall–Kier alpha value is -0.870. The fraction of sp³-hybridized carbons (Fsp3) is 0.750. The molecule has 1 fully saturated rings. The molecule has 4 nitrogen and oxygen atoms in total. The fourth-order valence-electron chi connectivity index (χ4n) is 1.86. The van der Waals surface area contributed by atoms with Crippen molar-refractivity contribution in [1.82, 2.24) is 5.32 Å². The molecule has 0 saturated carbocycles. The van der Waals surface area contributed by atoms with Crippen LogP contribution in [0.4, 0.5) is 0 Å². The standard InChI is InChI=1S/C12H21NO3/c1-4-10(14)13-8-11(2,3)12(15)6-5-7-16-9-12/h4,15H,1,5-9H2,2-3H3,(H,13,14). The zero-order valence-electron chi connectivity index (χ0n) is 10.1. The number of carbonyl (C=O) groups is 1. The Balaban J connectivity index is 2.60. The van der Waals surface area contributed by atoms with Crippen LogP contribution in [0.5, 0.6) is 0 Å². The molecule has 1 rings (SSSR count). The highest BCUT2D eigenvalue weighted by Crippen LogP contribution is 2.36. The van der Waals surface area contributed by atoms with Gasteiger partial charge < -0.3 is 15.2 Å². The van der Waals surface area contributed by atoms with E-state index in [1.807, 2.05) is 13.8 Å². The minimum atomic E-state index is -0.861. The van der Waals surface area contributed by atoms with Crippen molar-refractivity contribution in [3.8, 4) is 0 Å². The highest BCUT2D eigenvalue weighted by molar-refractivity contribution is 5.86. The maximum absolute atomic E-state index is 11.1. The predicted molar refractivity (Wildman–Crippen MR) is 62.0 cm³/mol. The average molecular weight is 227 g/mol. The van der Waals surface area contributed by atoms with Crippen LogP contribution in [0.15, 0.2) is 12.7 Å². The van der Waals surface area contributed by atoms with E-state index in [-0.39, 0.29) is 5.91 Å². The van der Waals surface area contributed by atoms with Gasteiger partial charge in [0.05, 0.1) is 12.2 Å². The van der Waals surface area contributed by atoms with Gasteiger partial charge in [0.25, 0.3) is 0 Å². The Bertz CT molecular complexity index is 267. The molecule has 0 radical (unpaired) electrons. The number of hydrogen-bond donors (Lipinski definition) is 2. The van der Waals surface area contributed by atoms with E-state index in [0.717, 1.165) is 6.42 Å². The molecule has 92 valence electrons. The van der Waals surface area contributed by atoms with Gasteiger partial charge in [-0.25, -0.2) is 0 Å². The molecular weight excluding hydrogens is 206 g/mol. The lowest BCUT2D eigenvalue weighted by Crippen LogP contribution is -2.55. The topological polar surface area (TPSA) is 58.6 Å². The number of hydrogen-bond acceptors (Lipinski definition) is 3. The van der Waals surface area contributed by atoms with Gasteiger partial charge in [0, 0.05) is 18.6 Å². The van der Waals surface area contributed by atoms with Crippen molar-refractivity contribution in [2.45, 2.75) is 32.3 Å². The number of amides is 1. The van der Waals surface area contributed by atoms with E-state index in [9.17, 15) is 9.90 Å². The molecule has 0 aromatic carbocycles. The first-order valence-corrected chi connectivity index (χ1v) is 5.62. The number of ether oxygens (including phenoxy) is 1. The van der Waals surface area contributed by atoms with Crippen LogP contribution >= 0.6 is 0 Å². The third kappa shape index (κ3) is 2.83. The molecule has 0 aliphatic carbocycles. The second-order valence-corrected chi connectivity index (χ2v) is 4.99. The Morgan fingerprint density at radius 3 is 2.88 bits per heavy atom. The summed E-state index contributed by atoms with van der Waals surface area (Å²) in [7, 11) is 0. The van der Waals surface area contributed by atoms with Gasteiger partial charge in [0.15, 0.2) is 0 Å². The summed E-state index contributed by atoms with van der Waals surface area (Å²) in [4.78, 5) is 11.1. The summed E-state index contributed by atoms with van der Waals surface area (Å²) in [6.07, 6.45) is 2.80. The fourth-order valence-corrected chi connectivity index (χ4v) is 1.86. The van der Waals surface area contributed by atoms with Crippen LogP contribution in [-0.2, 0) is 9.53 Å². The van der Waals surface area contributed by atoms with Crippen molar-refractivity contribution in [3.05, 3.63) is 12.7 Å². The lowest BCUT2D eigenvalue weighted by Gasteiger charge is -2.44. The van der Waals surface area contributed by atoms with Crippen LogP contribution in [-0.4, -0.2) is 36.4 Å². The van der Waals surface area contributed by atoms with Crippen LogP contribution in [0.1, 0.15) is 26.7 Å². The molecular formula is C12H21NO3. The molecule has 1 saturated heterocycles. The first kappa shape index (κ1) is 13.2. The summed E-state index contributed by atoms with van der Waals surface area (Å²) < 4.78 is 5.32. The summed E-state index contributed by atoms with van der Waals surface area (Å²) in [5.74, 6) is -0.214. The highest BCUT2D eigenvalue weighted by Gasteiger charge is 2.44. The van der Waals surface area contributed by atoms with Gasteiger partial charge in [-0.15, -0.1) is 0 Å². The summed E-state index contributed by atoms with van der Waals surface area (Å²) in [6, 6.07) is 0. The largest absolute Gasteiger partial charge is 0.387 e. The van der Waals surface area contributed by atoms with Crippen molar-refractivity contribution in [3.63, 3.8) is 0 Å². The van der Waals surface area contributed by atoms with Crippen molar-refractivity contribution < 1.29 is 14.6 Å². The molecule has 1 aliphatic rings. The lowest BCUT2D eigenvalue weighted by molar-refractivity contribution is -0.150. The highest BCUT2D eigenvalue weighted by atomic mass is 16.5. The van der Waals surface area contributed by atoms with Crippen LogP contribution in [0.3, 0.4) is 0 Å².